The zero-order valence-electron chi connectivity index (χ0n) is 21.6. The van der Waals surface area contributed by atoms with Crippen LogP contribution in [-0.4, -0.2) is 67.7 Å². The minimum absolute atomic E-state index is 0.126. The summed E-state index contributed by atoms with van der Waals surface area (Å²) >= 11 is 13.3. The summed E-state index contributed by atoms with van der Waals surface area (Å²) < 4.78 is 10.8. The minimum Gasteiger partial charge on any atom is -0.495 e. The van der Waals surface area contributed by atoms with Gasteiger partial charge >= 0.3 is 0 Å². The second kappa shape index (κ2) is 11.2. The number of methoxy groups -OCH3 is 2. The zero-order valence-corrected chi connectivity index (χ0v) is 23.1. The number of nitrogens with one attached hydrogen (secondary N) is 1. The second-order valence-electron chi connectivity index (χ2n) is 9.18. The van der Waals surface area contributed by atoms with Crippen LogP contribution in [0.15, 0.2) is 36.5 Å². The number of halogens is 2. The smallest absolute Gasteiger partial charge is 0.241 e. The number of anilines is 4. The summed E-state index contributed by atoms with van der Waals surface area (Å²) in [5.74, 6) is 1.66. The van der Waals surface area contributed by atoms with Crippen molar-refractivity contribution in [2.24, 2.45) is 0 Å². The lowest BCUT2D eigenvalue weighted by Gasteiger charge is -2.33. The predicted octanol–water partition coefficient (Wildman–Crippen LogP) is 4.78. The number of ether oxygens (including phenoxy) is 2. The average molecular weight is 557 g/mol. The van der Waals surface area contributed by atoms with Crippen molar-refractivity contribution >= 4 is 52.1 Å². The lowest BCUT2D eigenvalue weighted by atomic mass is 10.1. The molecule has 200 valence electrons. The Kier molecular flexibility index (Phi) is 7.78. The van der Waals surface area contributed by atoms with Gasteiger partial charge in [0, 0.05) is 61.8 Å². The number of fused-ring (bicyclic) bond motifs is 1. The van der Waals surface area contributed by atoms with Gasteiger partial charge in [-0.05, 0) is 30.8 Å². The SMILES string of the molecule is CCN1CCN(c2ccc(Nc3ncc4c(n3)CCN(c3c(Cl)c(OC)cc(OC)c3Cl)C4)cc2)C(=O)C1. The molecule has 3 aromatic rings. The van der Waals surface area contributed by atoms with Crippen molar-refractivity contribution in [3.05, 3.63) is 57.8 Å². The normalized spacial score (nSPS) is 15.9. The van der Waals surface area contributed by atoms with Crippen LogP contribution in [0.5, 0.6) is 11.5 Å². The van der Waals surface area contributed by atoms with E-state index in [2.05, 4.69) is 27.0 Å². The highest BCUT2D eigenvalue weighted by molar-refractivity contribution is 6.41. The molecule has 0 aliphatic carbocycles. The summed E-state index contributed by atoms with van der Waals surface area (Å²) in [6.07, 6.45) is 2.53. The fourth-order valence-electron chi connectivity index (χ4n) is 4.84. The zero-order chi connectivity index (χ0) is 26.8. The predicted molar refractivity (Wildman–Crippen MR) is 151 cm³/mol. The largest absolute Gasteiger partial charge is 0.495 e. The minimum atomic E-state index is 0.126. The van der Waals surface area contributed by atoms with Gasteiger partial charge in [-0.25, -0.2) is 9.97 Å². The Balaban J connectivity index is 1.29. The Hall–Kier alpha value is -3.27. The number of aromatic nitrogens is 2. The summed E-state index contributed by atoms with van der Waals surface area (Å²) in [7, 11) is 3.12. The van der Waals surface area contributed by atoms with Crippen molar-refractivity contribution in [2.45, 2.75) is 19.9 Å². The standard InChI is InChI=1S/C27H30Cl2N6O3/c1-4-33-11-12-35(23(36)16-33)19-7-5-18(6-8-19)31-27-30-14-17-15-34(10-9-20(17)32-27)26-24(28)21(37-2)13-22(38-3)25(26)29/h5-8,13-14H,4,9-12,15-16H2,1-3H3,(H,30,31,32). The first kappa shape index (κ1) is 26.3. The molecule has 2 aliphatic heterocycles. The molecule has 1 N–H and O–H groups in total. The van der Waals surface area contributed by atoms with E-state index in [0.717, 1.165) is 35.7 Å². The van der Waals surface area contributed by atoms with Gasteiger partial charge in [-0.15, -0.1) is 0 Å². The summed E-state index contributed by atoms with van der Waals surface area (Å²) in [4.78, 5) is 27.9. The van der Waals surface area contributed by atoms with Crippen LogP contribution < -0.4 is 24.6 Å². The van der Waals surface area contributed by atoms with Gasteiger partial charge in [-0.3, -0.25) is 9.69 Å². The third-order valence-electron chi connectivity index (χ3n) is 6.98. The molecule has 1 aromatic heterocycles. The second-order valence-corrected chi connectivity index (χ2v) is 9.94. The summed E-state index contributed by atoms with van der Waals surface area (Å²) in [5, 5.41) is 4.17. The first-order valence-electron chi connectivity index (χ1n) is 12.5. The number of nitrogens with zero attached hydrogens (tertiary/aromatic N) is 5. The van der Waals surface area contributed by atoms with E-state index in [1.807, 2.05) is 35.4 Å². The number of carbonyl (C=O) groups excluding carboxylic acids is 1. The Morgan fingerprint density at radius 1 is 1.00 bits per heavy atom. The lowest BCUT2D eigenvalue weighted by molar-refractivity contribution is -0.121. The van der Waals surface area contributed by atoms with Crippen molar-refractivity contribution in [3.8, 4) is 11.5 Å². The van der Waals surface area contributed by atoms with E-state index >= 15 is 0 Å². The molecule has 0 atom stereocenters. The molecule has 2 aliphatic rings. The van der Waals surface area contributed by atoms with Gasteiger partial charge in [0.1, 0.15) is 21.5 Å². The Morgan fingerprint density at radius 2 is 1.71 bits per heavy atom. The van der Waals surface area contributed by atoms with Crippen molar-refractivity contribution < 1.29 is 14.3 Å². The van der Waals surface area contributed by atoms with E-state index < -0.39 is 0 Å². The van der Waals surface area contributed by atoms with E-state index in [4.69, 9.17) is 37.7 Å². The maximum Gasteiger partial charge on any atom is 0.241 e. The third kappa shape index (κ3) is 5.18. The molecule has 38 heavy (non-hydrogen) atoms. The van der Waals surface area contributed by atoms with Gasteiger partial charge in [0.2, 0.25) is 11.9 Å². The van der Waals surface area contributed by atoms with E-state index in [0.29, 0.717) is 65.8 Å². The van der Waals surface area contributed by atoms with Crippen LogP contribution in [0.3, 0.4) is 0 Å². The molecule has 11 heteroatoms. The molecule has 2 aromatic carbocycles. The number of piperazine rings is 1. The monoisotopic (exact) mass is 556 g/mol. The van der Waals surface area contributed by atoms with Crippen molar-refractivity contribution in [2.75, 3.05) is 62.1 Å². The Morgan fingerprint density at radius 3 is 2.34 bits per heavy atom. The summed E-state index contributed by atoms with van der Waals surface area (Å²) in [6, 6.07) is 9.48. The highest BCUT2D eigenvalue weighted by Gasteiger charge is 2.27. The van der Waals surface area contributed by atoms with Gasteiger partial charge in [0.25, 0.3) is 0 Å². The molecule has 0 unspecified atom stereocenters. The lowest BCUT2D eigenvalue weighted by Crippen LogP contribution is -2.50. The van der Waals surface area contributed by atoms with E-state index in [1.165, 1.54) is 0 Å². The van der Waals surface area contributed by atoms with Gasteiger partial charge in [-0.2, -0.15) is 0 Å². The maximum absolute atomic E-state index is 12.5. The molecule has 0 radical (unpaired) electrons. The number of amides is 1. The molecule has 0 spiro atoms. The number of benzene rings is 2. The van der Waals surface area contributed by atoms with Crippen LogP contribution in [-0.2, 0) is 17.8 Å². The highest BCUT2D eigenvalue weighted by atomic mass is 35.5. The quantitative estimate of drug-likeness (QED) is 0.445. The molecule has 9 nitrogen and oxygen atoms in total. The van der Waals surface area contributed by atoms with Gasteiger partial charge < -0.3 is 24.6 Å². The summed E-state index contributed by atoms with van der Waals surface area (Å²) in [6.45, 7) is 6.23. The van der Waals surface area contributed by atoms with Gasteiger partial charge in [0.15, 0.2) is 0 Å². The molecular weight excluding hydrogens is 527 g/mol. The van der Waals surface area contributed by atoms with Crippen molar-refractivity contribution in [3.63, 3.8) is 0 Å². The molecule has 0 bridgehead atoms. The van der Waals surface area contributed by atoms with Crippen molar-refractivity contribution in [1.29, 1.82) is 0 Å². The van der Waals surface area contributed by atoms with Crippen LogP contribution >= 0.6 is 23.2 Å². The van der Waals surface area contributed by atoms with E-state index in [1.54, 1.807) is 20.3 Å². The molecule has 1 saturated heterocycles. The van der Waals surface area contributed by atoms with Crippen LogP contribution in [0.4, 0.5) is 23.0 Å². The molecule has 0 saturated carbocycles. The third-order valence-corrected chi connectivity index (χ3v) is 7.71. The van der Waals surface area contributed by atoms with Crippen LogP contribution in [0.2, 0.25) is 10.0 Å². The van der Waals surface area contributed by atoms with Gasteiger partial charge in [0.05, 0.1) is 32.1 Å². The van der Waals surface area contributed by atoms with Crippen LogP contribution in [0, 0.1) is 0 Å². The fourth-order valence-corrected chi connectivity index (χ4v) is 5.58. The topological polar surface area (TPSA) is 83.1 Å². The maximum atomic E-state index is 12.5. The molecule has 3 heterocycles. The van der Waals surface area contributed by atoms with Gasteiger partial charge in [-0.1, -0.05) is 30.1 Å². The van der Waals surface area contributed by atoms with E-state index in [-0.39, 0.29) is 5.91 Å². The molecule has 1 amide bonds. The number of likely N-dealkylation sites (N-methyl/N-ethyl adjacent to an activating group) is 1. The Bertz CT molecular complexity index is 1310. The first-order chi connectivity index (χ1) is 18.4. The molecule has 5 rings (SSSR count). The van der Waals surface area contributed by atoms with E-state index in [9.17, 15) is 4.79 Å². The molecular formula is C27H30Cl2N6O3. The number of carbonyl (C=O) groups is 1. The van der Waals surface area contributed by atoms with Crippen molar-refractivity contribution in [1.82, 2.24) is 14.9 Å². The van der Waals surface area contributed by atoms with Crippen LogP contribution in [0.25, 0.3) is 0 Å². The number of hydrogen-bond donors (Lipinski definition) is 1. The average Bonchev–Trinajstić information content (AvgIpc) is 2.94. The fraction of sp³-hybridized carbons (Fsp3) is 0.370. The molecule has 1 fully saturated rings. The number of hydrogen-bond acceptors (Lipinski definition) is 8. The Labute approximate surface area is 232 Å². The first-order valence-corrected chi connectivity index (χ1v) is 13.3. The number of rotatable bonds is 7. The van der Waals surface area contributed by atoms with Crippen LogP contribution in [0.1, 0.15) is 18.2 Å². The highest BCUT2D eigenvalue weighted by Crippen LogP contribution is 2.47. The summed E-state index contributed by atoms with van der Waals surface area (Å²) in [5.41, 5.74) is 4.39.